The molecule has 1 aromatic heterocycles. The summed E-state index contributed by atoms with van der Waals surface area (Å²) in [4.78, 5) is 25.4. The Hall–Kier alpha value is -1.95. The molecule has 0 bridgehead atoms. The van der Waals surface area contributed by atoms with E-state index in [-0.39, 0.29) is 6.42 Å². The number of hydrogen-bond donors (Lipinski definition) is 3. The predicted molar refractivity (Wildman–Crippen MR) is 53.1 cm³/mol. The third-order valence-electron chi connectivity index (χ3n) is 1.69. The maximum absolute atomic E-state index is 11.3. The molecule has 0 saturated carbocycles. The lowest BCUT2D eigenvalue weighted by atomic mass is 10.2. The van der Waals surface area contributed by atoms with Crippen LogP contribution in [0, 0.1) is 0 Å². The molecule has 1 atom stereocenters. The fourth-order valence-corrected chi connectivity index (χ4v) is 0.934. The Labute approximate surface area is 86.1 Å². The van der Waals surface area contributed by atoms with Crippen molar-refractivity contribution in [2.45, 2.75) is 12.5 Å². The van der Waals surface area contributed by atoms with Crippen molar-refractivity contribution >= 4 is 17.6 Å². The van der Waals surface area contributed by atoms with Gasteiger partial charge in [0, 0.05) is 18.1 Å². The van der Waals surface area contributed by atoms with Crippen molar-refractivity contribution in [3.63, 3.8) is 0 Å². The zero-order valence-corrected chi connectivity index (χ0v) is 7.88. The van der Waals surface area contributed by atoms with E-state index < -0.39 is 17.9 Å². The third-order valence-corrected chi connectivity index (χ3v) is 1.69. The molecule has 6 nitrogen and oxygen atoms in total. The molecule has 1 heterocycles. The van der Waals surface area contributed by atoms with Crippen molar-refractivity contribution in [1.29, 1.82) is 0 Å². The van der Waals surface area contributed by atoms with Gasteiger partial charge < -0.3 is 16.2 Å². The molecule has 0 radical (unpaired) electrons. The van der Waals surface area contributed by atoms with Gasteiger partial charge in [0.05, 0.1) is 6.42 Å². The number of rotatable bonds is 4. The Balaban J connectivity index is 2.47. The van der Waals surface area contributed by atoms with Gasteiger partial charge >= 0.3 is 5.97 Å². The Morgan fingerprint density at radius 1 is 1.47 bits per heavy atom. The van der Waals surface area contributed by atoms with Crippen LogP contribution < -0.4 is 11.1 Å². The first kappa shape index (κ1) is 11.1. The zero-order chi connectivity index (χ0) is 11.3. The van der Waals surface area contributed by atoms with Gasteiger partial charge in [-0.1, -0.05) is 0 Å². The summed E-state index contributed by atoms with van der Waals surface area (Å²) in [7, 11) is 0. The molecule has 0 fully saturated rings. The van der Waals surface area contributed by atoms with Crippen LogP contribution in [0.4, 0.5) is 5.69 Å². The van der Waals surface area contributed by atoms with Crippen molar-refractivity contribution in [2.24, 2.45) is 5.73 Å². The lowest BCUT2D eigenvalue weighted by molar-refractivity contribution is -0.140. The second-order valence-electron chi connectivity index (χ2n) is 2.93. The number of nitrogens with one attached hydrogen (secondary N) is 1. The second-order valence-corrected chi connectivity index (χ2v) is 2.93. The molecule has 1 aromatic rings. The van der Waals surface area contributed by atoms with E-state index in [4.69, 9.17) is 10.8 Å². The molecular formula is C9H11N3O3. The van der Waals surface area contributed by atoms with E-state index >= 15 is 0 Å². The number of carbonyl (C=O) groups excluding carboxylic acids is 1. The monoisotopic (exact) mass is 209 g/mol. The van der Waals surface area contributed by atoms with Crippen LogP contribution in [-0.2, 0) is 9.59 Å². The maximum atomic E-state index is 11.3. The van der Waals surface area contributed by atoms with E-state index in [9.17, 15) is 9.59 Å². The normalized spacial score (nSPS) is 11.8. The number of aromatic nitrogens is 1. The van der Waals surface area contributed by atoms with E-state index in [0.29, 0.717) is 5.69 Å². The van der Waals surface area contributed by atoms with E-state index in [2.05, 4.69) is 10.3 Å². The van der Waals surface area contributed by atoms with Crippen LogP contribution in [0.2, 0.25) is 0 Å². The first-order valence-electron chi connectivity index (χ1n) is 4.28. The Morgan fingerprint density at radius 2 is 2.07 bits per heavy atom. The highest BCUT2D eigenvalue weighted by Crippen LogP contribution is 2.04. The molecule has 15 heavy (non-hydrogen) atoms. The van der Waals surface area contributed by atoms with Crippen LogP contribution in [0.3, 0.4) is 0 Å². The molecule has 0 spiro atoms. The Kier molecular flexibility index (Phi) is 3.75. The lowest BCUT2D eigenvalue weighted by Crippen LogP contribution is -2.34. The quantitative estimate of drug-likeness (QED) is 0.638. The van der Waals surface area contributed by atoms with E-state index in [1.54, 1.807) is 12.1 Å². The van der Waals surface area contributed by atoms with E-state index in [0.717, 1.165) is 0 Å². The predicted octanol–water partition coefficient (Wildman–Crippen LogP) is -0.178. The van der Waals surface area contributed by atoms with Crippen LogP contribution in [0.25, 0.3) is 0 Å². The van der Waals surface area contributed by atoms with Crippen LogP contribution in [0.1, 0.15) is 6.42 Å². The molecule has 0 aliphatic heterocycles. The highest BCUT2D eigenvalue weighted by molar-refractivity contribution is 5.93. The van der Waals surface area contributed by atoms with Crippen molar-refractivity contribution in [1.82, 2.24) is 4.98 Å². The average Bonchev–Trinajstić information content (AvgIpc) is 2.18. The Morgan fingerprint density at radius 3 is 2.60 bits per heavy atom. The molecular weight excluding hydrogens is 198 g/mol. The smallest absolute Gasteiger partial charge is 0.321 e. The summed E-state index contributed by atoms with van der Waals surface area (Å²) < 4.78 is 0. The number of nitrogens with two attached hydrogens (primary N) is 1. The van der Waals surface area contributed by atoms with Gasteiger partial charge in [0.1, 0.15) is 6.04 Å². The van der Waals surface area contributed by atoms with Gasteiger partial charge in [-0.15, -0.1) is 0 Å². The summed E-state index contributed by atoms with van der Waals surface area (Å²) in [6.45, 7) is 0. The van der Waals surface area contributed by atoms with Crippen molar-refractivity contribution in [2.75, 3.05) is 5.32 Å². The van der Waals surface area contributed by atoms with Gasteiger partial charge in [-0.05, 0) is 12.1 Å². The first-order valence-corrected chi connectivity index (χ1v) is 4.28. The SMILES string of the molecule is NC(CC(=O)Nc1ccncc1)C(=O)O. The van der Waals surface area contributed by atoms with Crippen molar-refractivity contribution in [3.05, 3.63) is 24.5 Å². The average molecular weight is 209 g/mol. The van der Waals surface area contributed by atoms with Crippen LogP contribution in [-0.4, -0.2) is 28.0 Å². The summed E-state index contributed by atoms with van der Waals surface area (Å²) in [5, 5.41) is 11.0. The number of hydrogen-bond acceptors (Lipinski definition) is 4. The maximum Gasteiger partial charge on any atom is 0.321 e. The number of nitrogens with zero attached hydrogens (tertiary/aromatic N) is 1. The van der Waals surface area contributed by atoms with Gasteiger partial charge in [0.15, 0.2) is 0 Å². The molecule has 0 aliphatic rings. The number of carboxylic acids is 1. The highest BCUT2D eigenvalue weighted by Gasteiger charge is 2.15. The second kappa shape index (κ2) is 5.06. The molecule has 6 heteroatoms. The first-order chi connectivity index (χ1) is 7.09. The summed E-state index contributed by atoms with van der Waals surface area (Å²) in [6, 6.07) is 2.03. The molecule has 1 amide bonds. The summed E-state index contributed by atoms with van der Waals surface area (Å²) in [5.41, 5.74) is 5.76. The molecule has 80 valence electrons. The topological polar surface area (TPSA) is 105 Å². The minimum atomic E-state index is -1.19. The molecule has 0 aromatic carbocycles. The van der Waals surface area contributed by atoms with E-state index in [1.165, 1.54) is 12.4 Å². The molecule has 4 N–H and O–H groups in total. The molecule has 0 saturated heterocycles. The number of carbonyl (C=O) groups is 2. The van der Waals surface area contributed by atoms with Crippen LogP contribution >= 0.6 is 0 Å². The van der Waals surface area contributed by atoms with Crippen molar-refractivity contribution in [3.8, 4) is 0 Å². The van der Waals surface area contributed by atoms with Gasteiger partial charge in [-0.25, -0.2) is 0 Å². The van der Waals surface area contributed by atoms with Gasteiger partial charge in [0.2, 0.25) is 5.91 Å². The van der Waals surface area contributed by atoms with E-state index in [1.807, 2.05) is 0 Å². The van der Waals surface area contributed by atoms with Crippen LogP contribution in [0.15, 0.2) is 24.5 Å². The number of pyridine rings is 1. The fraction of sp³-hybridized carbons (Fsp3) is 0.222. The van der Waals surface area contributed by atoms with Gasteiger partial charge in [-0.3, -0.25) is 14.6 Å². The lowest BCUT2D eigenvalue weighted by Gasteiger charge is -2.07. The minimum Gasteiger partial charge on any atom is -0.480 e. The molecule has 0 aliphatic carbocycles. The fourth-order valence-electron chi connectivity index (χ4n) is 0.934. The van der Waals surface area contributed by atoms with Gasteiger partial charge in [-0.2, -0.15) is 0 Å². The standard InChI is InChI=1S/C9H11N3O3/c10-7(9(14)15)5-8(13)12-6-1-3-11-4-2-6/h1-4,7H,5,10H2,(H,14,15)(H,11,12,13). The zero-order valence-electron chi connectivity index (χ0n) is 7.88. The summed E-state index contributed by atoms with van der Waals surface area (Å²) in [5.74, 6) is -1.63. The molecule has 1 rings (SSSR count). The number of carboxylic acid groups (broad SMARTS) is 1. The minimum absolute atomic E-state index is 0.252. The molecule has 1 unspecified atom stereocenters. The highest BCUT2D eigenvalue weighted by atomic mass is 16.4. The van der Waals surface area contributed by atoms with Gasteiger partial charge in [0.25, 0.3) is 0 Å². The summed E-state index contributed by atoms with van der Waals surface area (Å²) >= 11 is 0. The Bertz CT molecular complexity index is 353. The number of anilines is 1. The van der Waals surface area contributed by atoms with Crippen molar-refractivity contribution < 1.29 is 14.7 Å². The largest absolute Gasteiger partial charge is 0.480 e. The number of aliphatic carboxylic acids is 1. The third kappa shape index (κ3) is 3.74. The van der Waals surface area contributed by atoms with Crippen LogP contribution in [0.5, 0.6) is 0 Å². The number of amides is 1. The summed E-state index contributed by atoms with van der Waals surface area (Å²) in [6.07, 6.45) is 2.79.